The van der Waals surface area contributed by atoms with Crippen LogP contribution in [0, 0.1) is 0 Å². The maximum Gasteiger partial charge on any atom is 0.410 e. The lowest BCUT2D eigenvalue weighted by molar-refractivity contribution is -0.112. The molecule has 20 heteroatoms. The number of fused-ring (bicyclic) bond motifs is 4. The van der Waals surface area contributed by atoms with Crippen LogP contribution in [0.1, 0.15) is 68.8 Å². The Morgan fingerprint density at radius 2 is 1.29 bits per heavy atom. The first-order valence-electron chi connectivity index (χ1n) is 19.4. The van der Waals surface area contributed by atoms with E-state index < -0.39 is 11.2 Å². The van der Waals surface area contributed by atoms with Crippen LogP contribution in [0.4, 0.5) is 19.6 Å². The van der Waals surface area contributed by atoms with Gasteiger partial charge in [0.25, 0.3) is 0 Å². The summed E-state index contributed by atoms with van der Waals surface area (Å²) in [5, 5.41) is 5.79. The number of hydrogen-bond donors (Lipinski definition) is 2. The number of nitrogens with two attached hydrogens (primary N) is 1. The van der Waals surface area contributed by atoms with Crippen LogP contribution >= 0.6 is 68.5 Å². The third-order valence-corrected chi connectivity index (χ3v) is 13.6. The van der Waals surface area contributed by atoms with Gasteiger partial charge in [0.1, 0.15) is 37.3 Å². The van der Waals surface area contributed by atoms with E-state index in [1.165, 1.54) is 23.0 Å². The third kappa shape index (κ3) is 11.6. The second-order valence-corrected chi connectivity index (χ2v) is 21.1. The van der Waals surface area contributed by atoms with Crippen molar-refractivity contribution in [2.24, 2.45) is 0 Å². The molecule has 8 heterocycles. The minimum Gasteiger partial charge on any atom is -0.444 e. The minimum atomic E-state index is -0.546. The Labute approximate surface area is 385 Å². The molecule has 0 radical (unpaired) electrons. The van der Waals surface area contributed by atoms with Crippen LogP contribution in [0.5, 0.6) is 0 Å². The lowest BCUT2D eigenvalue weighted by atomic mass is 10.0. The molecule has 0 aliphatic carbocycles. The van der Waals surface area contributed by atoms with E-state index in [4.69, 9.17) is 48.4 Å². The highest BCUT2D eigenvalue weighted by atomic mass is 35.5. The molecular formula is C42H46Cl2N8O6S4. The lowest BCUT2D eigenvalue weighted by Gasteiger charge is -2.30. The van der Waals surface area contributed by atoms with Crippen LogP contribution in [0.3, 0.4) is 0 Å². The first-order chi connectivity index (χ1) is 29.3. The minimum absolute atomic E-state index is 0.267. The summed E-state index contributed by atoms with van der Waals surface area (Å²) in [6.07, 6.45) is 9.36. The quantitative estimate of drug-likeness (QED) is 0.0920. The standard InChI is InChI=1S/C21H22N4O3S2.C18H20N4O2S2.C3H4Cl2O/c1-5-16(26)24-19-17(18-23-13-10-22-8-6-14(13)29-18)12-7-9-25(11-15(12)30-19)20(27)28-21(2,3)4;1-18(2,3)24-17(23)22-7-5-10-13(9-22)25-15(19)14(10)16-21-11-8-20-6-4-12(11)26-16;4-2-1-3(5)6/h5-6,8,10H,1,7,9,11H2,2-4H3,(H,24,26);4,6,8H,5,7,9,19H2,1-3H3;1-2H2. The number of aromatic nitrogens is 4. The van der Waals surface area contributed by atoms with Crippen molar-refractivity contribution in [1.29, 1.82) is 0 Å². The van der Waals surface area contributed by atoms with Gasteiger partial charge in [-0.2, -0.15) is 0 Å². The summed E-state index contributed by atoms with van der Waals surface area (Å²) in [5.74, 6) is 0.0455. The Kier molecular flexibility index (Phi) is 14.9. The van der Waals surface area contributed by atoms with Crippen molar-refractivity contribution in [3.63, 3.8) is 0 Å². The normalized spacial score (nSPS) is 13.5. The predicted molar refractivity (Wildman–Crippen MR) is 252 cm³/mol. The van der Waals surface area contributed by atoms with E-state index in [9.17, 15) is 19.2 Å². The van der Waals surface area contributed by atoms with Gasteiger partial charge < -0.3 is 30.3 Å². The number of halogens is 2. The van der Waals surface area contributed by atoms with Gasteiger partial charge >= 0.3 is 12.2 Å². The highest BCUT2D eigenvalue weighted by Gasteiger charge is 2.32. The number of ether oxygens (including phenoxy) is 2. The number of anilines is 2. The average Bonchev–Trinajstić information content (AvgIpc) is 3.97. The van der Waals surface area contributed by atoms with Crippen molar-refractivity contribution in [3.05, 3.63) is 70.5 Å². The van der Waals surface area contributed by atoms with Gasteiger partial charge in [0.15, 0.2) is 0 Å². The maximum atomic E-state index is 12.5. The molecule has 3 N–H and O–H groups in total. The summed E-state index contributed by atoms with van der Waals surface area (Å²) < 4.78 is 13.2. The van der Waals surface area contributed by atoms with E-state index in [0.717, 1.165) is 73.3 Å². The van der Waals surface area contributed by atoms with Crippen molar-refractivity contribution in [2.75, 3.05) is 30.0 Å². The van der Waals surface area contributed by atoms with Gasteiger partial charge in [-0.25, -0.2) is 19.6 Å². The number of thiazole rings is 2. The first kappa shape index (κ1) is 46.8. The highest BCUT2D eigenvalue weighted by Crippen LogP contribution is 2.46. The molecular weight excluding hydrogens is 912 g/mol. The van der Waals surface area contributed by atoms with Crippen LogP contribution in [-0.2, 0) is 45.0 Å². The number of rotatable bonds is 6. The number of hydrogen-bond acceptors (Lipinski definition) is 15. The number of pyridine rings is 2. The number of nitrogens with zero attached hydrogens (tertiary/aromatic N) is 6. The fraction of sp³-hybridized carbons (Fsp3) is 0.381. The molecule has 0 atom stereocenters. The Balaban J connectivity index is 0.000000184. The molecule has 328 valence electrons. The number of amides is 3. The van der Waals surface area contributed by atoms with Gasteiger partial charge in [0.2, 0.25) is 11.1 Å². The number of nitrogens with one attached hydrogen (secondary N) is 1. The average molecular weight is 958 g/mol. The maximum absolute atomic E-state index is 12.5. The summed E-state index contributed by atoms with van der Waals surface area (Å²) in [6.45, 7) is 16.9. The molecule has 0 unspecified atom stereocenters. The van der Waals surface area contributed by atoms with E-state index in [0.29, 0.717) is 38.5 Å². The van der Waals surface area contributed by atoms with E-state index in [2.05, 4.69) is 21.9 Å². The molecule has 0 saturated heterocycles. The zero-order valence-corrected chi connectivity index (χ0v) is 39.8. The van der Waals surface area contributed by atoms with E-state index >= 15 is 0 Å². The molecule has 0 spiro atoms. The third-order valence-electron chi connectivity index (χ3n) is 8.97. The van der Waals surface area contributed by atoms with Crippen LogP contribution in [0.2, 0.25) is 0 Å². The van der Waals surface area contributed by atoms with E-state index in [1.807, 2.05) is 53.7 Å². The Morgan fingerprint density at radius 3 is 1.73 bits per heavy atom. The zero-order chi connectivity index (χ0) is 44.9. The predicted octanol–water partition coefficient (Wildman–Crippen LogP) is 10.5. The fourth-order valence-electron chi connectivity index (χ4n) is 6.35. The van der Waals surface area contributed by atoms with Gasteiger partial charge in [-0.3, -0.25) is 19.6 Å². The largest absolute Gasteiger partial charge is 0.444 e. The summed E-state index contributed by atoms with van der Waals surface area (Å²) in [6, 6.07) is 3.90. The number of thiophene rings is 2. The van der Waals surface area contributed by atoms with Crippen molar-refractivity contribution in [2.45, 2.75) is 85.1 Å². The van der Waals surface area contributed by atoms with Crippen molar-refractivity contribution in [1.82, 2.24) is 29.7 Å². The lowest BCUT2D eigenvalue weighted by Crippen LogP contribution is -2.39. The number of carbonyl (C=O) groups is 4. The smallest absolute Gasteiger partial charge is 0.410 e. The molecule has 14 nitrogen and oxygen atoms in total. The molecule has 2 aliphatic rings. The summed E-state index contributed by atoms with van der Waals surface area (Å²) >= 11 is 16.1. The van der Waals surface area contributed by atoms with Crippen LogP contribution in [0.15, 0.2) is 49.6 Å². The topological polar surface area (TPSA) is 183 Å². The van der Waals surface area contributed by atoms with Crippen molar-refractivity contribution in [3.8, 4) is 21.1 Å². The molecule has 0 aromatic carbocycles. The van der Waals surface area contributed by atoms with Crippen molar-refractivity contribution < 1.29 is 28.7 Å². The summed E-state index contributed by atoms with van der Waals surface area (Å²) in [5.41, 5.74) is 11.3. The van der Waals surface area contributed by atoms with E-state index in [-0.39, 0.29) is 29.8 Å². The van der Waals surface area contributed by atoms with Gasteiger partial charge in [-0.05, 0) is 95.3 Å². The molecule has 0 saturated carbocycles. The summed E-state index contributed by atoms with van der Waals surface area (Å²) in [7, 11) is 0. The zero-order valence-electron chi connectivity index (χ0n) is 35.0. The second kappa shape index (κ2) is 19.8. The van der Waals surface area contributed by atoms with E-state index in [1.54, 1.807) is 68.6 Å². The van der Waals surface area contributed by atoms with Crippen LogP contribution in [-0.4, -0.2) is 83.2 Å². The molecule has 6 aromatic rings. The van der Waals surface area contributed by atoms with Gasteiger partial charge in [0.05, 0.1) is 39.9 Å². The van der Waals surface area contributed by atoms with Crippen LogP contribution in [0.25, 0.3) is 41.6 Å². The Hall–Kier alpha value is -4.72. The second-order valence-electron chi connectivity index (χ2n) is 16.0. The number of alkyl halides is 1. The Morgan fingerprint density at radius 1 is 0.806 bits per heavy atom. The molecule has 3 amide bonds. The molecule has 6 aromatic heterocycles. The molecule has 0 bridgehead atoms. The monoisotopic (exact) mass is 956 g/mol. The van der Waals surface area contributed by atoms with Gasteiger partial charge in [-0.15, -0.1) is 56.9 Å². The highest BCUT2D eigenvalue weighted by molar-refractivity contribution is 7.23. The molecule has 0 fully saturated rings. The SMILES string of the molecule is C=CC(=O)Nc1sc2c(c1-c1nc3cnccc3s1)CCN(C(=O)OC(C)(C)C)C2.CC(C)(C)OC(=O)N1CCc2c(sc(N)c2-c2nc3cnccc3s2)C1.O=C(Cl)CCCl. The Bertz CT molecular complexity index is 2560. The number of nitrogen functional groups attached to an aromatic ring is 1. The van der Waals surface area contributed by atoms with Crippen LogP contribution < -0.4 is 11.1 Å². The number of carbonyl (C=O) groups excluding carboxylic acids is 4. The summed E-state index contributed by atoms with van der Waals surface area (Å²) in [4.78, 5) is 70.0. The molecule has 8 rings (SSSR count). The van der Waals surface area contributed by atoms with Crippen molar-refractivity contribution >= 4 is 122 Å². The van der Waals surface area contributed by atoms with Gasteiger partial charge in [-0.1, -0.05) is 6.58 Å². The molecule has 2 aliphatic heterocycles. The van der Waals surface area contributed by atoms with Gasteiger partial charge in [0, 0.05) is 58.7 Å². The fourth-order valence-corrected chi connectivity index (χ4v) is 11.3. The molecule has 62 heavy (non-hydrogen) atoms. The first-order valence-corrected chi connectivity index (χ1v) is 23.6.